The third kappa shape index (κ3) is 7.10. The van der Waals surface area contributed by atoms with E-state index in [4.69, 9.17) is 0 Å². The third-order valence-electron chi connectivity index (χ3n) is 6.72. The van der Waals surface area contributed by atoms with Crippen LogP contribution in [0.4, 0.5) is 27.8 Å². The monoisotopic (exact) mass is 587 g/mol. The number of aromatic nitrogens is 3. The highest BCUT2D eigenvalue weighted by atomic mass is 32.2. The Bertz CT molecular complexity index is 1440. The number of carbonyl (C=O) groups excluding carboxylic acids is 1. The van der Waals surface area contributed by atoms with E-state index in [0.717, 1.165) is 0 Å². The lowest BCUT2D eigenvalue weighted by molar-refractivity contribution is -0.140. The molecule has 40 heavy (non-hydrogen) atoms. The molecule has 1 saturated heterocycles. The molecule has 0 aromatic carbocycles. The summed E-state index contributed by atoms with van der Waals surface area (Å²) in [4.78, 5) is 19.5. The molecular formula is C27H34F5N5O2S. The second-order valence-corrected chi connectivity index (χ2v) is 12.5. The molecule has 0 spiro atoms. The van der Waals surface area contributed by atoms with E-state index in [0.29, 0.717) is 11.3 Å². The fourth-order valence-electron chi connectivity index (χ4n) is 4.66. The lowest BCUT2D eigenvalue weighted by atomic mass is 9.95. The van der Waals surface area contributed by atoms with Crippen molar-refractivity contribution in [3.05, 3.63) is 52.0 Å². The number of rotatable bonds is 7. The summed E-state index contributed by atoms with van der Waals surface area (Å²) < 4.78 is 85.3. The van der Waals surface area contributed by atoms with E-state index in [1.54, 1.807) is 27.0 Å². The van der Waals surface area contributed by atoms with Gasteiger partial charge in [-0.05, 0) is 53.7 Å². The Morgan fingerprint density at radius 3 is 2.48 bits per heavy atom. The van der Waals surface area contributed by atoms with Crippen LogP contribution in [0.2, 0.25) is 0 Å². The standard InChI is InChI=1S/C27H34F5N5O2S/c1-7-19(14-20(8-2)40(5,6)39)34-25(38)22-17(3)21(18-15-33-36(4)16-18)23(27(30,31)32)35-24(22)37-12-9-10-26(28,29)11-13-37/h7,14-16H,5,8-13H2,1-4,6H3,(H,34,38)/b19-7+,20-14+. The van der Waals surface area contributed by atoms with Crippen LogP contribution >= 0.6 is 0 Å². The first-order chi connectivity index (χ1) is 18.5. The largest absolute Gasteiger partial charge is 0.434 e. The summed E-state index contributed by atoms with van der Waals surface area (Å²) in [7, 11) is -1.04. The highest BCUT2D eigenvalue weighted by Crippen LogP contribution is 2.42. The maximum absolute atomic E-state index is 14.4. The van der Waals surface area contributed by atoms with E-state index in [9.17, 15) is 31.0 Å². The van der Waals surface area contributed by atoms with Crippen LogP contribution in [0.1, 0.15) is 61.1 Å². The average molecular weight is 588 g/mol. The molecule has 2 aromatic rings. The summed E-state index contributed by atoms with van der Waals surface area (Å²) in [5, 5.41) is 6.67. The van der Waals surface area contributed by atoms with Crippen molar-refractivity contribution >= 4 is 27.1 Å². The maximum atomic E-state index is 14.4. The minimum absolute atomic E-state index is 0.00159. The summed E-state index contributed by atoms with van der Waals surface area (Å²) in [6.07, 6.45) is 1.67. The number of amides is 1. The number of carbonyl (C=O) groups is 1. The summed E-state index contributed by atoms with van der Waals surface area (Å²) >= 11 is 0. The molecule has 2 aromatic heterocycles. The predicted molar refractivity (Wildman–Crippen MR) is 148 cm³/mol. The van der Waals surface area contributed by atoms with Gasteiger partial charge in [-0.15, -0.1) is 0 Å². The number of nitrogens with one attached hydrogen (secondary N) is 1. The number of anilines is 1. The lowest BCUT2D eigenvalue weighted by Crippen LogP contribution is -2.33. The topological polar surface area (TPSA) is 80.1 Å². The number of hydrogen-bond acceptors (Lipinski definition) is 5. The molecule has 1 fully saturated rings. The Balaban J connectivity index is 2.26. The number of aryl methyl sites for hydroxylation is 1. The SMILES string of the molecule is C=S(C)(=O)/C(=C/C(=C\C)NC(=O)c1c(N2CCCC(F)(F)CC2)nc(C(F)(F)F)c(-c2cnn(C)c2)c1C)CC. The number of alkyl halides is 5. The fraction of sp³-hybridized carbons (Fsp3) is 0.481. The smallest absolute Gasteiger partial charge is 0.356 e. The van der Waals surface area contributed by atoms with Crippen molar-refractivity contribution < 1.29 is 31.0 Å². The second kappa shape index (κ2) is 11.7. The number of hydrogen-bond donors (Lipinski definition) is 1. The van der Waals surface area contributed by atoms with Crippen molar-refractivity contribution in [1.82, 2.24) is 20.1 Å². The zero-order valence-electron chi connectivity index (χ0n) is 23.2. The van der Waals surface area contributed by atoms with E-state index in [1.165, 1.54) is 41.2 Å². The van der Waals surface area contributed by atoms with Crippen LogP contribution in [0.25, 0.3) is 11.1 Å². The highest BCUT2D eigenvalue weighted by molar-refractivity contribution is 8.03. The van der Waals surface area contributed by atoms with E-state index in [1.807, 2.05) is 0 Å². The number of pyridine rings is 1. The molecule has 1 amide bonds. The van der Waals surface area contributed by atoms with Gasteiger partial charge in [-0.25, -0.2) is 13.8 Å². The van der Waals surface area contributed by atoms with Crippen molar-refractivity contribution in [2.75, 3.05) is 24.2 Å². The van der Waals surface area contributed by atoms with Gasteiger partial charge in [0, 0.05) is 67.2 Å². The van der Waals surface area contributed by atoms with E-state index < -0.39 is 46.1 Å². The Morgan fingerprint density at radius 1 is 1.27 bits per heavy atom. The fourth-order valence-corrected chi connectivity index (χ4v) is 5.65. The number of halogens is 5. The summed E-state index contributed by atoms with van der Waals surface area (Å²) in [6, 6.07) is 0. The zero-order valence-corrected chi connectivity index (χ0v) is 24.0. The summed E-state index contributed by atoms with van der Waals surface area (Å²) in [5.74, 6) is -0.390. The van der Waals surface area contributed by atoms with Gasteiger partial charge in [0.05, 0.1) is 11.8 Å². The van der Waals surface area contributed by atoms with Crippen LogP contribution in [-0.2, 0) is 22.7 Å². The molecule has 0 aliphatic carbocycles. The molecule has 0 saturated carbocycles. The van der Waals surface area contributed by atoms with Crippen molar-refractivity contribution in [1.29, 1.82) is 0 Å². The molecule has 0 radical (unpaired) electrons. The van der Waals surface area contributed by atoms with Crippen LogP contribution in [0, 0.1) is 6.92 Å². The summed E-state index contributed by atoms with van der Waals surface area (Å²) in [5.41, 5.74) is -1.39. The molecule has 1 atom stereocenters. The van der Waals surface area contributed by atoms with E-state index >= 15 is 0 Å². The average Bonchev–Trinajstić information content (AvgIpc) is 3.18. The predicted octanol–water partition coefficient (Wildman–Crippen LogP) is 5.71. The minimum atomic E-state index is -4.90. The van der Waals surface area contributed by atoms with Crippen LogP contribution in [0.3, 0.4) is 0 Å². The van der Waals surface area contributed by atoms with Crippen molar-refractivity contribution in [3.8, 4) is 11.1 Å². The highest BCUT2D eigenvalue weighted by Gasteiger charge is 2.41. The Labute approximate surface area is 231 Å². The van der Waals surface area contributed by atoms with Gasteiger partial charge in [0.25, 0.3) is 5.91 Å². The van der Waals surface area contributed by atoms with Crippen molar-refractivity contribution in [2.45, 2.75) is 58.6 Å². The first-order valence-corrected chi connectivity index (χ1v) is 14.9. The van der Waals surface area contributed by atoms with Gasteiger partial charge in [-0.1, -0.05) is 13.0 Å². The molecule has 3 rings (SSSR count). The molecule has 3 heterocycles. The lowest BCUT2D eigenvalue weighted by Gasteiger charge is -2.28. The Kier molecular flexibility index (Phi) is 9.17. The molecule has 7 nitrogen and oxygen atoms in total. The quantitative estimate of drug-likeness (QED) is 0.255. The van der Waals surface area contributed by atoms with Gasteiger partial charge in [0.15, 0.2) is 5.69 Å². The minimum Gasteiger partial charge on any atom is -0.356 e. The van der Waals surface area contributed by atoms with Gasteiger partial charge >= 0.3 is 6.18 Å². The first-order valence-electron chi connectivity index (χ1n) is 12.7. The molecule has 1 N–H and O–H groups in total. The molecule has 220 valence electrons. The van der Waals surface area contributed by atoms with E-state index in [-0.39, 0.29) is 53.3 Å². The van der Waals surface area contributed by atoms with Gasteiger partial charge in [-0.3, -0.25) is 13.7 Å². The molecular weight excluding hydrogens is 553 g/mol. The Hall–Kier alpha value is -3.22. The first kappa shape index (κ1) is 31.3. The zero-order chi connectivity index (χ0) is 30.0. The normalized spacial score (nSPS) is 18.3. The molecule has 1 aliphatic rings. The molecule has 13 heteroatoms. The van der Waals surface area contributed by atoms with Crippen LogP contribution < -0.4 is 10.2 Å². The molecule has 0 bridgehead atoms. The van der Waals surface area contributed by atoms with Gasteiger partial charge in [0.2, 0.25) is 5.92 Å². The summed E-state index contributed by atoms with van der Waals surface area (Å²) in [6.45, 7) is 4.52. The van der Waals surface area contributed by atoms with E-state index in [2.05, 4.69) is 21.3 Å². The Morgan fingerprint density at radius 2 is 1.95 bits per heavy atom. The van der Waals surface area contributed by atoms with Gasteiger partial charge in [-0.2, -0.15) is 18.3 Å². The maximum Gasteiger partial charge on any atom is 0.434 e. The molecule has 1 aliphatic heterocycles. The van der Waals surface area contributed by atoms with Crippen LogP contribution in [0.5, 0.6) is 0 Å². The number of nitrogens with zero attached hydrogens (tertiary/aromatic N) is 4. The number of allylic oxidation sites excluding steroid dienone is 3. The van der Waals surface area contributed by atoms with Crippen molar-refractivity contribution in [2.24, 2.45) is 7.05 Å². The van der Waals surface area contributed by atoms with Crippen molar-refractivity contribution in [3.63, 3.8) is 0 Å². The second-order valence-electron chi connectivity index (χ2n) is 9.92. The molecule has 1 unspecified atom stereocenters. The van der Waals surface area contributed by atoms with Crippen LogP contribution in [0.15, 0.2) is 35.1 Å². The van der Waals surface area contributed by atoms with Gasteiger partial charge in [0.1, 0.15) is 5.82 Å². The van der Waals surface area contributed by atoms with Crippen LogP contribution in [-0.4, -0.2) is 56.0 Å². The third-order valence-corrected chi connectivity index (χ3v) is 8.24. The van der Waals surface area contributed by atoms with Gasteiger partial charge < -0.3 is 10.2 Å².